The van der Waals surface area contributed by atoms with E-state index in [0.29, 0.717) is 17.9 Å². The number of hydrogen-bond acceptors (Lipinski definition) is 7. The van der Waals surface area contributed by atoms with Crippen LogP contribution in [0.5, 0.6) is 11.5 Å². The maximum Gasteiger partial charge on any atom is 0.490 e. The highest BCUT2D eigenvalue weighted by Crippen LogP contribution is 2.42. The van der Waals surface area contributed by atoms with Crippen LogP contribution in [0.3, 0.4) is 0 Å². The summed E-state index contributed by atoms with van der Waals surface area (Å²) in [5, 5.41) is 9.02. The summed E-state index contributed by atoms with van der Waals surface area (Å²) in [6.45, 7) is 0. The molecule has 2 aromatic carbocycles. The van der Waals surface area contributed by atoms with Crippen LogP contribution in [0, 0.1) is 0 Å². The van der Waals surface area contributed by atoms with Crippen LogP contribution in [0.2, 0.25) is 0 Å². The van der Waals surface area contributed by atoms with Crippen molar-refractivity contribution < 1.29 is 42.1 Å². The van der Waals surface area contributed by atoms with Crippen molar-refractivity contribution in [2.45, 2.75) is 18.6 Å². The molecular formula is C23H23F3N2O6. The molecule has 0 aliphatic rings. The predicted molar refractivity (Wildman–Crippen MR) is 118 cm³/mol. The number of pyridine rings is 1. The lowest BCUT2D eigenvalue weighted by atomic mass is 9.93. The standard InChI is InChI=1S/C21H22N2O4.C2HF3O2/c1-25-18-5-4-6-19(26-2)20(18)15-8-7-13(11-17(22)21(24)27-3)16-12-23-10-9-14(15)16;3-2(4,5)1(6)7/h4-10,12,17H,11,22H2,1-3H3;(H,6,7). The van der Waals surface area contributed by atoms with E-state index in [0.717, 1.165) is 27.5 Å². The van der Waals surface area contributed by atoms with E-state index in [1.165, 1.54) is 7.11 Å². The Morgan fingerprint density at radius 2 is 1.62 bits per heavy atom. The Kier molecular flexibility index (Phi) is 8.79. The Bertz CT molecular complexity index is 1140. The number of carbonyl (C=O) groups is 2. The van der Waals surface area contributed by atoms with E-state index in [2.05, 4.69) is 4.98 Å². The number of hydrogen-bond donors (Lipinski definition) is 2. The average molecular weight is 480 g/mol. The van der Waals surface area contributed by atoms with Gasteiger partial charge in [-0.1, -0.05) is 18.2 Å². The molecule has 0 saturated heterocycles. The van der Waals surface area contributed by atoms with Crippen molar-refractivity contribution in [3.63, 3.8) is 0 Å². The van der Waals surface area contributed by atoms with Crippen molar-refractivity contribution in [2.75, 3.05) is 21.3 Å². The summed E-state index contributed by atoms with van der Waals surface area (Å²) in [6.07, 6.45) is -1.21. The van der Waals surface area contributed by atoms with E-state index in [1.54, 1.807) is 26.6 Å². The topological polar surface area (TPSA) is 121 Å². The van der Waals surface area contributed by atoms with Crippen LogP contribution >= 0.6 is 0 Å². The van der Waals surface area contributed by atoms with Gasteiger partial charge < -0.3 is 25.1 Å². The summed E-state index contributed by atoms with van der Waals surface area (Å²) in [5.74, 6) is -1.77. The molecule has 3 rings (SSSR count). The lowest BCUT2D eigenvalue weighted by Crippen LogP contribution is -2.33. The molecule has 34 heavy (non-hydrogen) atoms. The third-order valence-electron chi connectivity index (χ3n) is 4.79. The van der Waals surface area contributed by atoms with Crippen LogP contribution < -0.4 is 15.2 Å². The molecule has 3 N–H and O–H groups in total. The summed E-state index contributed by atoms with van der Waals surface area (Å²) in [5.41, 5.74) is 8.70. The highest BCUT2D eigenvalue weighted by Gasteiger charge is 2.38. The quantitative estimate of drug-likeness (QED) is 0.514. The minimum atomic E-state index is -5.08. The summed E-state index contributed by atoms with van der Waals surface area (Å²) in [4.78, 5) is 24.9. The van der Waals surface area contributed by atoms with Gasteiger partial charge in [0.05, 0.1) is 26.9 Å². The number of carbonyl (C=O) groups excluding carboxylic acids is 1. The van der Waals surface area contributed by atoms with Crippen LogP contribution in [-0.2, 0) is 20.7 Å². The van der Waals surface area contributed by atoms with Crippen LogP contribution in [0.4, 0.5) is 13.2 Å². The lowest BCUT2D eigenvalue weighted by Gasteiger charge is -2.17. The predicted octanol–water partition coefficient (Wildman–Crippen LogP) is 3.60. The molecule has 0 saturated carbocycles. The second kappa shape index (κ2) is 11.3. The molecule has 0 aliphatic carbocycles. The highest BCUT2D eigenvalue weighted by atomic mass is 19.4. The van der Waals surface area contributed by atoms with Gasteiger partial charge in [-0.15, -0.1) is 0 Å². The zero-order valence-electron chi connectivity index (χ0n) is 18.6. The first kappa shape index (κ1) is 26.4. The maximum atomic E-state index is 11.7. The second-order valence-corrected chi connectivity index (χ2v) is 6.87. The van der Waals surface area contributed by atoms with Crippen molar-refractivity contribution in [1.29, 1.82) is 0 Å². The first-order chi connectivity index (χ1) is 16.0. The molecule has 0 radical (unpaired) electrons. The zero-order chi connectivity index (χ0) is 25.5. The smallest absolute Gasteiger partial charge is 0.490 e. The lowest BCUT2D eigenvalue weighted by molar-refractivity contribution is -0.192. The normalized spacial score (nSPS) is 11.7. The summed E-state index contributed by atoms with van der Waals surface area (Å²) in [7, 11) is 4.59. The largest absolute Gasteiger partial charge is 0.496 e. The van der Waals surface area contributed by atoms with E-state index in [9.17, 15) is 18.0 Å². The van der Waals surface area contributed by atoms with Gasteiger partial charge in [-0.25, -0.2) is 4.79 Å². The number of rotatable bonds is 6. The first-order valence-corrected chi connectivity index (χ1v) is 9.75. The number of alkyl halides is 3. The number of methoxy groups -OCH3 is 3. The molecular weight excluding hydrogens is 457 g/mol. The van der Waals surface area contributed by atoms with Gasteiger partial charge in [-0.2, -0.15) is 13.2 Å². The summed E-state index contributed by atoms with van der Waals surface area (Å²) >= 11 is 0. The molecule has 0 amide bonds. The van der Waals surface area contributed by atoms with Crippen molar-refractivity contribution in [3.8, 4) is 22.6 Å². The fourth-order valence-electron chi connectivity index (χ4n) is 3.23. The fourth-order valence-corrected chi connectivity index (χ4v) is 3.23. The Morgan fingerprint density at radius 3 is 2.12 bits per heavy atom. The molecule has 3 aromatic rings. The molecule has 0 bridgehead atoms. The van der Waals surface area contributed by atoms with Crippen LogP contribution in [0.25, 0.3) is 21.9 Å². The molecule has 1 atom stereocenters. The van der Waals surface area contributed by atoms with E-state index in [-0.39, 0.29) is 0 Å². The molecule has 11 heteroatoms. The van der Waals surface area contributed by atoms with Gasteiger partial charge in [-0.05, 0) is 41.1 Å². The molecule has 0 fully saturated rings. The zero-order valence-corrected chi connectivity index (χ0v) is 18.6. The van der Waals surface area contributed by atoms with Gasteiger partial charge in [0.2, 0.25) is 0 Å². The van der Waals surface area contributed by atoms with E-state index >= 15 is 0 Å². The number of esters is 1. The maximum absolute atomic E-state index is 11.7. The van der Waals surface area contributed by atoms with Crippen LogP contribution in [0.1, 0.15) is 5.56 Å². The van der Waals surface area contributed by atoms with E-state index < -0.39 is 24.2 Å². The number of carboxylic acids is 1. The molecule has 0 spiro atoms. The highest BCUT2D eigenvalue weighted by molar-refractivity contribution is 6.01. The van der Waals surface area contributed by atoms with Gasteiger partial charge in [0, 0.05) is 17.8 Å². The van der Waals surface area contributed by atoms with Crippen molar-refractivity contribution in [1.82, 2.24) is 4.98 Å². The van der Waals surface area contributed by atoms with Gasteiger partial charge in [0.25, 0.3) is 0 Å². The number of halogens is 3. The second-order valence-electron chi connectivity index (χ2n) is 6.87. The van der Waals surface area contributed by atoms with Crippen LogP contribution in [-0.4, -0.2) is 55.6 Å². The molecule has 8 nitrogen and oxygen atoms in total. The monoisotopic (exact) mass is 480 g/mol. The van der Waals surface area contributed by atoms with Gasteiger partial charge in [0.15, 0.2) is 0 Å². The van der Waals surface area contributed by atoms with Gasteiger partial charge in [-0.3, -0.25) is 9.78 Å². The minimum absolute atomic E-state index is 0.359. The number of aliphatic carboxylic acids is 1. The number of fused-ring (bicyclic) bond motifs is 1. The summed E-state index contributed by atoms with van der Waals surface area (Å²) in [6, 6.07) is 10.8. The Morgan fingerprint density at radius 1 is 1.03 bits per heavy atom. The Balaban J connectivity index is 0.000000509. The molecule has 1 unspecified atom stereocenters. The number of benzene rings is 2. The van der Waals surface area contributed by atoms with E-state index in [4.69, 9.17) is 29.8 Å². The molecule has 1 aromatic heterocycles. The van der Waals surface area contributed by atoms with Gasteiger partial charge in [0.1, 0.15) is 17.5 Å². The SMILES string of the molecule is COC(=O)C(N)Cc1ccc(-c2c(OC)cccc2OC)c2ccncc12.O=C(O)C(F)(F)F. The minimum Gasteiger partial charge on any atom is -0.496 e. The molecule has 182 valence electrons. The van der Waals surface area contributed by atoms with Crippen molar-refractivity contribution in [2.24, 2.45) is 5.73 Å². The number of nitrogens with zero attached hydrogens (tertiary/aromatic N) is 1. The fraction of sp³-hybridized carbons (Fsp3) is 0.261. The molecule has 0 aliphatic heterocycles. The number of carboxylic acid groups (broad SMARTS) is 1. The number of nitrogens with two attached hydrogens (primary N) is 1. The average Bonchev–Trinajstić information content (AvgIpc) is 2.83. The van der Waals surface area contributed by atoms with E-state index in [1.807, 2.05) is 36.4 Å². The van der Waals surface area contributed by atoms with Crippen LogP contribution in [0.15, 0.2) is 48.8 Å². The third kappa shape index (κ3) is 6.13. The third-order valence-corrected chi connectivity index (χ3v) is 4.79. The molecule has 1 heterocycles. The number of aromatic nitrogens is 1. The summed E-state index contributed by atoms with van der Waals surface area (Å²) < 4.78 is 47.6. The Hall–Kier alpha value is -3.86. The van der Waals surface area contributed by atoms with Gasteiger partial charge >= 0.3 is 18.1 Å². The number of ether oxygens (including phenoxy) is 3. The van der Waals surface area contributed by atoms with Crippen molar-refractivity contribution >= 4 is 22.7 Å². The Labute approximate surface area is 193 Å². The van der Waals surface area contributed by atoms with Crippen molar-refractivity contribution in [3.05, 3.63) is 54.4 Å². The first-order valence-electron chi connectivity index (χ1n) is 9.75.